The summed E-state index contributed by atoms with van der Waals surface area (Å²) in [4.78, 5) is 16.9. The lowest BCUT2D eigenvalue weighted by atomic mass is 10.1. The highest BCUT2D eigenvalue weighted by Gasteiger charge is 2.05. The summed E-state index contributed by atoms with van der Waals surface area (Å²) in [5, 5.41) is 0. The molecule has 0 bridgehead atoms. The molecule has 0 aliphatic rings. The van der Waals surface area contributed by atoms with E-state index in [0.717, 1.165) is 18.6 Å². The molecule has 18 heavy (non-hydrogen) atoms. The van der Waals surface area contributed by atoms with Crippen LogP contribution in [-0.4, -0.2) is 18.3 Å². The predicted molar refractivity (Wildman–Crippen MR) is 72.9 cm³/mol. The van der Waals surface area contributed by atoms with Crippen molar-refractivity contribution < 1.29 is 4.79 Å². The smallest absolute Gasteiger partial charge is 0.151 e. The van der Waals surface area contributed by atoms with Crippen LogP contribution in [0, 0.1) is 6.92 Å². The van der Waals surface area contributed by atoms with E-state index in [9.17, 15) is 4.79 Å². The van der Waals surface area contributed by atoms with Crippen molar-refractivity contribution in [3.8, 4) is 0 Å². The zero-order valence-corrected chi connectivity index (χ0v) is 10.6. The third-order valence-electron chi connectivity index (χ3n) is 2.97. The summed E-state index contributed by atoms with van der Waals surface area (Å²) >= 11 is 0. The number of aldehydes is 1. The molecule has 0 unspecified atom stereocenters. The van der Waals surface area contributed by atoms with Crippen LogP contribution in [0.3, 0.4) is 0 Å². The van der Waals surface area contributed by atoms with Crippen molar-refractivity contribution in [2.24, 2.45) is 0 Å². The van der Waals surface area contributed by atoms with E-state index in [-0.39, 0.29) is 0 Å². The van der Waals surface area contributed by atoms with Gasteiger partial charge in [0.15, 0.2) is 6.29 Å². The standard InChI is InChI=1S/C15H16N2O/c1-12-5-3-4-6-14(12)10-17(2)15-8-7-13(11-18)9-16-15/h3-9,11H,10H2,1-2H3. The van der Waals surface area contributed by atoms with Gasteiger partial charge < -0.3 is 4.90 Å². The van der Waals surface area contributed by atoms with Gasteiger partial charge in [0.25, 0.3) is 0 Å². The maximum Gasteiger partial charge on any atom is 0.151 e. The predicted octanol–water partition coefficient (Wildman–Crippen LogP) is 2.84. The highest BCUT2D eigenvalue weighted by molar-refractivity contribution is 5.74. The summed E-state index contributed by atoms with van der Waals surface area (Å²) in [7, 11) is 2.00. The van der Waals surface area contributed by atoms with Gasteiger partial charge in [0.2, 0.25) is 0 Å². The van der Waals surface area contributed by atoms with E-state index >= 15 is 0 Å². The maximum absolute atomic E-state index is 10.6. The molecule has 2 rings (SSSR count). The van der Waals surface area contributed by atoms with E-state index in [1.807, 2.05) is 25.2 Å². The van der Waals surface area contributed by atoms with Crippen LogP contribution in [0.4, 0.5) is 5.82 Å². The molecule has 1 aromatic heterocycles. The second-order valence-corrected chi connectivity index (χ2v) is 4.35. The zero-order chi connectivity index (χ0) is 13.0. The number of aryl methyl sites for hydroxylation is 1. The Balaban J connectivity index is 2.14. The van der Waals surface area contributed by atoms with Crippen molar-refractivity contribution >= 4 is 12.1 Å². The first-order chi connectivity index (χ1) is 8.70. The first-order valence-corrected chi connectivity index (χ1v) is 5.87. The van der Waals surface area contributed by atoms with Gasteiger partial charge in [-0.15, -0.1) is 0 Å². The second-order valence-electron chi connectivity index (χ2n) is 4.35. The number of carbonyl (C=O) groups excluding carboxylic acids is 1. The molecule has 1 heterocycles. The molecule has 0 N–H and O–H groups in total. The minimum absolute atomic E-state index is 0.600. The molecule has 0 spiro atoms. The van der Waals surface area contributed by atoms with Crippen molar-refractivity contribution in [2.45, 2.75) is 13.5 Å². The molecule has 0 atom stereocenters. The van der Waals surface area contributed by atoms with E-state index in [0.29, 0.717) is 5.56 Å². The summed E-state index contributed by atoms with van der Waals surface area (Å²) in [5.41, 5.74) is 3.15. The average molecular weight is 240 g/mol. The molecule has 1 aromatic carbocycles. The highest BCUT2D eigenvalue weighted by Crippen LogP contribution is 2.15. The van der Waals surface area contributed by atoms with Gasteiger partial charge in [-0.1, -0.05) is 24.3 Å². The lowest BCUT2D eigenvalue weighted by Gasteiger charge is -2.19. The molecule has 0 aliphatic heterocycles. The van der Waals surface area contributed by atoms with Crippen molar-refractivity contribution in [1.82, 2.24) is 4.98 Å². The summed E-state index contributed by atoms with van der Waals surface area (Å²) in [5.74, 6) is 0.865. The van der Waals surface area contributed by atoms with E-state index in [2.05, 4.69) is 28.9 Å². The molecular formula is C15H16N2O. The minimum atomic E-state index is 0.600. The molecule has 0 aliphatic carbocycles. The number of anilines is 1. The van der Waals surface area contributed by atoms with Crippen LogP contribution >= 0.6 is 0 Å². The van der Waals surface area contributed by atoms with Gasteiger partial charge >= 0.3 is 0 Å². The Morgan fingerprint density at radius 3 is 2.61 bits per heavy atom. The van der Waals surface area contributed by atoms with Crippen molar-refractivity contribution in [3.63, 3.8) is 0 Å². The molecular weight excluding hydrogens is 224 g/mol. The molecule has 0 radical (unpaired) electrons. The lowest BCUT2D eigenvalue weighted by Crippen LogP contribution is -2.18. The number of hydrogen-bond acceptors (Lipinski definition) is 3. The van der Waals surface area contributed by atoms with Crippen LogP contribution in [0.1, 0.15) is 21.5 Å². The van der Waals surface area contributed by atoms with Crippen LogP contribution in [0.5, 0.6) is 0 Å². The minimum Gasteiger partial charge on any atom is -0.355 e. The number of nitrogens with zero attached hydrogens (tertiary/aromatic N) is 2. The van der Waals surface area contributed by atoms with Gasteiger partial charge in [0.1, 0.15) is 5.82 Å². The number of carbonyl (C=O) groups is 1. The Hall–Kier alpha value is -2.16. The van der Waals surface area contributed by atoms with Gasteiger partial charge in [-0.25, -0.2) is 4.98 Å². The molecule has 0 fully saturated rings. The first-order valence-electron chi connectivity index (χ1n) is 5.87. The van der Waals surface area contributed by atoms with E-state index < -0.39 is 0 Å². The Bertz CT molecular complexity index is 534. The van der Waals surface area contributed by atoms with E-state index in [1.54, 1.807) is 12.3 Å². The topological polar surface area (TPSA) is 33.2 Å². The average Bonchev–Trinajstić information content (AvgIpc) is 2.41. The van der Waals surface area contributed by atoms with Gasteiger partial charge in [0.05, 0.1) is 0 Å². The number of benzene rings is 1. The van der Waals surface area contributed by atoms with Gasteiger partial charge in [0, 0.05) is 25.4 Å². The second kappa shape index (κ2) is 5.45. The zero-order valence-electron chi connectivity index (χ0n) is 10.6. The summed E-state index contributed by atoms with van der Waals surface area (Å²) in [6.45, 7) is 2.91. The highest BCUT2D eigenvalue weighted by atomic mass is 16.1. The van der Waals surface area contributed by atoms with Gasteiger partial charge in [-0.05, 0) is 30.2 Å². The summed E-state index contributed by atoms with van der Waals surface area (Å²) in [6.07, 6.45) is 2.40. The Morgan fingerprint density at radius 2 is 2.00 bits per heavy atom. The van der Waals surface area contributed by atoms with Crippen LogP contribution in [-0.2, 0) is 6.54 Å². The fraction of sp³-hybridized carbons (Fsp3) is 0.200. The van der Waals surface area contributed by atoms with E-state index in [1.165, 1.54) is 11.1 Å². The lowest BCUT2D eigenvalue weighted by molar-refractivity contribution is 0.112. The molecule has 92 valence electrons. The summed E-state index contributed by atoms with van der Waals surface area (Å²) in [6, 6.07) is 11.9. The first kappa shape index (κ1) is 12.3. The molecule has 2 aromatic rings. The third-order valence-corrected chi connectivity index (χ3v) is 2.97. The van der Waals surface area contributed by atoms with Crippen molar-refractivity contribution in [2.75, 3.05) is 11.9 Å². The monoisotopic (exact) mass is 240 g/mol. The SMILES string of the molecule is Cc1ccccc1CN(C)c1ccc(C=O)cn1. The van der Waals surface area contributed by atoms with Crippen LogP contribution in [0.2, 0.25) is 0 Å². The molecule has 0 amide bonds. The maximum atomic E-state index is 10.6. The number of aromatic nitrogens is 1. The van der Waals surface area contributed by atoms with Gasteiger partial charge in [-0.2, -0.15) is 0 Å². The number of hydrogen-bond donors (Lipinski definition) is 0. The van der Waals surface area contributed by atoms with Crippen LogP contribution < -0.4 is 4.90 Å². The van der Waals surface area contributed by atoms with E-state index in [4.69, 9.17) is 0 Å². The molecule has 3 nitrogen and oxygen atoms in total. The molecule has 3 heteroatoms. The third kappa shape index (κ3) is 2.74. The number of rotatable bonds is 4. The Kier molecular flexibility index (Phi) is 3.72. The van der Waals surface area contributed by atoms with Crippen LogP contribution in [0.15, 0.2) is 42.6 Å². The van der Waals surface area contributed by atoms with Gasteiger partial charge in [-0.3, -0.25) is 4.79 Å². The Morgan fingerprint density at radius 1 is 1.22 bits per heavy atom. The van der Waals surface area contributed by atoms with Crippen molar-refractivity contribution in [1.29, 1.82) is 0 Å². The van der Waals surface area contributed by atoms with Crippen LogP contribution in [0.25, 0.3) is 0 Å². The molecule has 0 saturated carbocycles. The fourth-order valence-corrected chi connectivity index (χ4v) is 1.82. The summed E-state index contributed by atoms with van der Waals surface area (Å²) < 4.78 is 0. The Labute approximate surface area is 107 Å². The largest absolute Gasteiger partial charge is 0.355 e. The fourth-order valence-electron chi connectivity index (χ4n) is 1.82. The normalized spacial score (nSPS) is 10.1. The molecule has 0 saturated heterocycles. The van der Waals surface area contributed by atoms with Crippen molar-refractivity contribution in [3.05, 3.63) is 59.3 Å². The number of pyridine rings is 1. The quantitative estimate of drug-likeness (QED) is 0.770.